The van der Waals surface area contributed by atoms with Crippen molar-refractivity contribution in [1.82, 2.24) is 0 Å². The smallest absolute Gasteiger partial charge is 0.348 e. The van der Waals surface area contributed by atoms with E-state index in [2.05, 4.69) is 4.74 Å². The summed E-state index contributed by atoms with van der Waals surface area (Å²) in [6, 6.07) is 1.08. The quantitative estimate of drug-likeness (QED) is 0.453. The zero-order valence-electron chi connectivity index (χ0n) is 10.9. The number of nitrogens with zero attached hydrogens (tertiary/aromatic N) is 1. The van der Waals surface area contributed by atoms with Gasteiger partial charge in [-0.2, -0.15) is 0 Å². The number of ether oxygens (including phenoxy) is 4. The molecule has 0 unspecified atom stereocenters. The Labute approximate surface area is 109 Å². The Kier molecular flexibility index (Phi) is 4.51. The minimum atomic E-state index is -0.899. The largest absolute Gasteiger partial charge is 0.492 e. The zero-order valence-corrected chi connectivity index (χ0v) is 10.9. The summed E-state index contributed by atoms with van der Waals surface area (Å²) in [4.78, 5) is 22.0. The van der Waals surface area contributed by atoms with Crippen molar-refractivity contribution in [3.8, 4) is 17.2 Å². The van der Waals surface area contributed by atoms with Crippen LogP contribution < -0.4 is 14.2 Å². The minimum Gasteiger partial charge on any atom is -0.492 e. The van der Waals surface area contributed by atoms with Crippen LogP contribution >= 0.6 is 0 Å². The topological polar surface area (TPSA) is 97.1 Å². The first-order valence-corrected chi connectivity index (χ1v) is 5.07. The highest BCUT2D eigenvalue weighted by Gasteiger charge is 2.32. The van der Waals surface area contributed by atoms with Crippen LogP contribution in [-0.4, -0.2) is 39.3 Å². The third-order valence-corrected chi connectivity index (χ3v) is 2.40. The van der Waals surface area contributed by atoms with Gasteiger partial charge in [0.05, 0.1) is 39.4 Å². The van der Waals surface area contributed by atoms with Crippen LogP contribution in [0, 0.1) is 10.1 Å². The highest BCUT2D eigenvalue weighted by Crippen LogP contribution is 2.44. The van der Waals surface area contributed by atoms with Crippen molar-refractivity contribution in [3.63, 3.8) is 0 Å². The molecule has 0 N–H and O–H groups in total. The van der Waals surface area contributed by atoms with Crippen LogP contribution in [0.5, 0.6) is 17.2 Å². The Hall–Kier alpha value is -2.51. The predicted molar refractivity (Wildman–Crippen MR) is 64.1 cm³/mol. The molecule has 0 aliphatic rings. The van der Waals surface area contributed by atoms with Crippen LogP contribution in [0.1, 0.15) is 10.4 Å². The molecule has 1 aromatic carbocycles. The summed E-state index contributed by atoms with van der Waals surface area (Å²) in [6.45, 7) is 0. The molecule has 0 saturated carbocycles. The molecule has 0 spiro atoms. The normalized spacial score (nSPS) is 9.68. The van der Waals surface area contributed by atoms with Crippen LogP contribution in [0.25, 0.3) is 0 Å². The third-order valence-electron chi connectivity index (χ3n) is 2.40. The van der Waals surface area contributed by atoms with Crippen LogP contribution in [0.2, 0.25) is 0 Å². The molecular formula is C11H13NO7. The van der Waals surface area contributed by atoms with Gasteiger partial charge in [-0.1, -0.05) is 0 Å². The van der Waals surface area contributed by atoms with E-state index in [-0.39, 0.29) is 22.8 Å². The van der Waals surface area contributed by atoms with E-state index in [1.165, 1.54) is 21.3 Å². The minimum absolute atomic E-state index is 0.0796. The average Bonchev–Trinajstić information content (AvgIpc) is 2.43. The van der Waals surface area contributed by atoms with Crippen LogP contribution in [0.4, 0.5) is 5.69 Å². The maximum Gasteiger partial charge on any atom is 0.348 e. The average molecular weight is 271 g/mol. The Morgan fingerprint density at radius 1 is 1.11 bits per heavy atom. The molecule has 0 bridgehead atoms. The van der Waals surface area contributed by atoms with Gasteiger partial charge in [0.25, 0.3) is 5.69 Å². The second-order valence-electron chi connectivity index (χ2n) is 3.29. The van der Waals surface area contributed by atoms with Gasteiger partial charge in [0.2, 0.25) is 5.75 Å². The fraction of sp³-hybridized carbons (Fsp3) is 0.364. The first kappa shape index (κ1) is 14.6. The van der Waals surface area contributed by atoms with Crippen molar-refractivity contribution in [2.45, 2.75) is 0 Å². The lowest BCUT2D eigenvalue weighted by atomic mass is 10.1. The van der Waals surface area contributed by atoms with E-state index in [0.717, 1.165) is 13.2 Å². The van der Waals surface area contributed by atoms with E-state index >= 15 is 0 Å². The summed E-state index contributed by atoms with van der Waals surface area (Å²) in [5.74, 6) is -0.848. The van der Waals surface area contributed by atoms with Gasteiger partial charge in [0, 0.05) is 0 Å². The monoisotopic (exact) mass is 271 g/mol. The van der Waals surface area contributed by atoms with Crippen LogP contribution in [0.15, 0.2) is 6.07 Å². The van der Waals surface area contributed by atoms with Gasteiger partial charge in [-0.05, 0) is 0 Å². The van der Waals surface area contributed by atoms with E-state index in [4.69, 9.17) is 14.2 Å². The van der Waals surface area contributed by atoms with E-state index in [0.29, 0.717) is 0 Å². The van der Waals surface area contributed by atoms with E-state index in [9.17, 15) is 14.9 Å². The first-order valence-electron chi connectivity index (χ1n) is 5.07. The number of carbonyl (C=O) groups excluding carboxylic acids is 1. The van der Waals surface area contributed by atoms with Crippen LogP contribution in [0.3, 0.4) is 0 Å². The predicted octanol–water partition coefficient (Wildman–Crippen LogP) is 1.41. The molecule has 1 rings (SSSR count). The fourth-order valence-electron chi connectivity index (χ4n) is 1.59. The van der Waals surface area contributed by atoms with Crippen molar-refractivity contribution in [2.75, 3.05) is 28.4 Å². The number of nitro groups is 1. The molecule has 0 aliphatic heterocycles. The van der Waals surface area contributed by atoms with Crippen LogP contribution in [-0.2, 0) is 4.74 Å². The number of esters is 1. The molecule has 8 nitrogen and oxygen atoms in total. The van der Waals surface area contributed by atoms with Crippen molar-refractivity contribution in [3.05, 3.63) is 21.7 Å². The van der Waals surface area contributed by atoms with Gasteiger partial charge in [-0.25, -0.2) is 4.79 Å². The lowest BCUT2D eigenvalue weighted by molar-refractivity contribution is -0.385. The molecule has 104 valence electrons. The van der Waals surface area contributed by atoms with Crippen molar-refractivity contribution >= 4 is 11.7 Å². The second kappa shape index (κ2) is 5.89. The molecule has 19 heavy (non-hydrogen) atoms. The molecule has 1 aromatic rings. The number of nitro benzene ring substituents is 1. The highest BCUT2D eigenvalue weighted by atomic mass is 16.6. The molecule has 0 amide bonds. The van der Waals surface area contributed by atoms with E-state index < -0.39 is 16.6 Å². The summed E-state index contributed by atoms with van der Waals surface area (Å²) in [7, 11) is 5.02. The summed E-state index contributed by atoms with van der Waals surface area (Å²) < 4.78 is 19.6. The van der Waals surface area contributed by atoms with Crippen molar-refractivity contribution in [1.29, 1.82) is 0 Å². The number of methoxy groups -OCH3 is 4. The van der Waals surface area contributed by atoms with Gasteiger partial charge >= 0.3 is 5.97 Å². The molecule has 8 heteroatoms. The lowest BCUT2D eigenvalue weighted by Gasteiger charge is -2.14. The van der Waals surface area contributed by atoms with Gasteiger partial charge in [-0.15, -0.1) is 0 Å². The van der Waals surface area contributed by atoms with E-state index in [1.807, 2.05) is 0 Å². The Morgan fingerprint density at radius 2 is 1.68 bits per heavy atom. The summed E-state index contributed by atoms with van der Waals surface area (Å²) >= 11 is 0. The number of hydrogen-bond donors (Lipinski definition) is 0. The Bertz CT molecular complexity index is 512. The molecule has 0 atom stereocenters. The Morgan fingerprint density at radius 3 is 2.05 bits per heavy atom. The number of carbonyl (C=O) groups is 1. The summed E-state index contributed by atoms with van der Waals surface area (Å²) in [5, 5.41) is 11.0. The van der Waals surface area contributed by atoms with Crippen molar-refractivity contribution in [2.24, 2.45) is 0 Å². The molecule has 0 aromatic heterocycles. The number of hydrogen-bond acceptors (Lipinski definition) is 7. The number of benzene rings is 1. The molecule has 0 heterocycles. The molecular weight excluding hydrogens is 258 g/mol. The highest BCUT2D eigenvalue weighted by molar-refractivity contribution is 5.98. The third kappa shape index (κ3) is 2.51. The van der Waals surface area contributed by atoms with Gasteiger partial charge in [-0.3, -0.25) is 10.1 Å². The standard InChI is InChI=1S/C11H13NO7/c1-16-7-5-6(12(14)15)8(11(13)19-4)10(18-3)9(7)17-2/h5H,1-4H3. The maximum absolute atomic E-state index is 11.7. The zero-order chi connectivity index (χ0) is 14.6. The molecule has 0 saturated heterocycles. The van der Waals surface area contributed by atoms with Crippen molar-refractivity contribution < 1.29 is 28.7 Å². The molecule has 0 aliphatic carbocycles. The molecule has 0 radical (unpaired) electrons. The van der Waals surface area contributed by atoms with Gasteiger partial charge in [0.1, 0.15) is 0 Å². The molecule has 0 fully saturated rings. The first-order chi connectivity index (χ1) is 9.01. The van der Waals surface area contributed by atoms with Gasteiger partial charge < -0.3 is 18.9 Å². The van der Waals surface area contributed by atoms with Gasteiger partial charge in [0.15, 0.2) is 17.1 Å². The number of rotatable bonds is 5. The lowest BCUT2D eigenvalue weighted by Crippen LogP contribution is -2.10. The fourth-order valence-corrected chi connectivity index (χ4v) is 1.59. The summed E-state index contributed by atoms with van der Waals surface area (Å²) in [6.07, 6.45) is 0. The summed E-state index contributed by atoms with van der Waals surface area (Å²) in [5.41, 5.74) is -0.811. The Balaban J connectivity index is 3.73. The maximum atomic E-state index is 11.7. The van der Waals surface area contributed by atoms with E-state index in [1.54, 1.807) is 0 Å². The SMILES string of the molecule is COC(=O)c1c([N+](=O)[O-])cc(OC)c(OC)c1OC. The second-order valence-corrected chi connectivity index (χ2v) is 3.29.